The fraction of sp³-hybridized carbons (Fsp3) is 0.476. The number of hydrogen-bond acceptors (Lipinski definition) is 4. The molecule has 0 aliphatic carbocycles. The molecular weight excluding hydrogens is 413 g/mol. The van der Waals surface area contributed by atoms with Gasteiger partial charge in [0.2, 0.25) is 0 Å². The lowest BCUT2D eigenvalue weighted by Gasteiger charge is -2.23. The molecule has 1 saturated heterocycles. The molecule has 0 atom stereocenters. The van der Waals surface area contributed by atoms with E-state index in [4.69, 9.17) is 4.74 Å². The van der Waals surface area contributed by atoms with Crippen molar-refractivity contribution in [3.63, 3.8) is 0 Å². The molecule has 1 aromatic heterocycles. The third-order valence-corrected chi connectivity index (χ3v) is 5.19. The molecule has 3 rings (SSSR count). The summed E-state index contributed by atoms with van der Waals surface area (Å²) in [5.41, 5.74) is -1.10. The lowest BCUT2D eigenvalue weighted by Crippen LogP contribution is -2.38. The van der Waals surface area contributed by atoms with Crippen LogP contribution in [0.5, 0.6) is 5.75 Å². The number of halogens is 3. The highest BCUT2D eigenvalue weighted by atomic mass is 19.4. The van der Waals surface area contributed by atoms with Gasteiger partial charge in [-0.1, -0.05) is 12.1 Å². The maximum atomic E-state index is 13.6. The molecule has 1 aliphatic heterocycles. The van der Waals surface area contributed by atoms with Gasteiger partial charge >= 0.3 is 6.18 Å². The Labute approximate surface area is 178 Å². The Bertz CT molecular complexity index is 956. The molecule has 0 N–H and O–H groups in total. The second-order valence-electron chi connectivity index (χ2n) is 7.58. The first-order valence-electron chi connectivity index (χ1n) is 10.0. The highest BCUT2D eigenvalue weighted by Crippen LogP contribution is 2.34. The Morgan fingerprint density at radius 2 is 1.58 bits per heavy atom. The second-order valence-corrected chi connectivity index (χ2v) is 7.58. The summed E-state index contributed by atoms with van der Waals surface area (Å²) < 4.78 is 47.0. The largest absolute Gasteiger partial charge is 0.496 e. The van der Waals surface area contributed by atoms with E-state index in [1.807, 2.05) is 0 Å². The number of benzene rings is 1. The summed E-state index contributed by atoms with van der Waals surface area (Å²) in [6.07, 6.45) is -3.27. The van der Waals surface area contributed by atoms with Crippen molar-refractivity contribution < 1.29 is 27.5 Å². The summed E-state index contributed by atoms with van der Waals surface area (Å²) in [7, 11) is 1.48. The molecule has 2 amide bonds. The zero-order valence-corrected chi connectivity index (χ0v) is 17.6. The molecule has 10 heteroatoms. The minimum atomic E-state index is -4.70. The standard InChI is InChI=1S/C21H25F3N4O3/c1-14(2)28-18(21(22,23)24)16(13-25-28)20(30)27-10-6-9-26(11-12-27)19(29)15-7-4-5-8-17(15)31-3/h4-5,7-8,13-14H,6,9-12H2,1-3H3. The van der Waals surface area contributed by atoms with Crippen LogP contribution in [0, 0.1) is 0 Å². The lowest BCUT2D eigenvalue weighted by atomic mass is 10.1. The predicted molar refractivity (Wildman–Crippen MR) is 107 cm³/mol. The van der Waals surface area contributed by atoms with Crippen molar-refractivity contribution in [2.24, 2.45) is 0 Å². The first-order chi connectivity index (χ1) is 14.6. The van der Waals surface area contributed by atoms with Crippen molar-refractivity contribution in [2.75, 3.05) is 33.3 Å². The number of methoxy groups -OCH3 is 1. The summed E-state index contributed by atoms with van der Waals surface area (Å²) in [5, 5.41) is 3.79. The average molecular weight is 438 g/mol. The zero-order chi connectivity index (χ0) is 22.8. The maximum Gasteiger partial charge on any atom is 0.433 e. The minimum Gasteiger partial charge on any atom is -0.496 e. The number of nitrogens with zero attached hydrogens (tertiary/aromatic N) is 4. The molecule has 168 valence electrons. The van der Waals surface area contributed by atoms with Crippen LogP contribution in [0.25, 0.3) is 0 Å². The van der Waals surface area contributed by atoms with Crippen LogP contribution in [0.15, 0.2) is 30.5 Å². The van der Waals surface area contributed by atoms with Gasteiger partial charge in [-0.2, -0.15) is 18.3 Å². The quantitative estimate of drug-likeness (QED) is 0.733. The van der Waals surface area contributed by atoms with E-state index in [2.05, 4.69) is 5.10 Å². The van der Waals surface area contributed by atoms with E-state index in [0.29, 0.717) is 24.3 Å². The van der Waals surface area contributed by atoms with E-state index < -0.39 is 29.4 Å². The van der Waals surface area contributed by atoms with E-state index in [-0.39, 0.29) is 25.5 Å². The van der Waals surface area contributed by atoms with Crippen molar-refractivity contribution in [3.8, 4) is 5.75 Å². The summed E-state index contributed by atoms with van der Waals surface area (Å²) in [5.74, 6) is -0.526. The smallest absolute Gasteiger partial charge is 0.433 e. The van der Waals surface area contributed by atoms with Gasteiger partial charge in [-0.25, -0.2) is 0 Å². The van der Waals surface area contributed by atoms with Crippen LogP contribution in [0.2, 0.25) is 0 Å². The molecule has 0 radical (unpaired) electrons. The topological polar surface area (TPSA) is 67.7 Å². The van der Waals surface area contributed by atoms with Gasteiger partial charge in [-0.3, -0.25) is 14.3 Å². The van der Waals surface area contributed by atoms with E-state index in [9.17, 15) is 22.8 Å². The van der Waals surface area contributed by atoms with Crippen LogP contribution in [0.1, 0.15) is 52.7 Å². The van der Waals surface area contributed by atoms with Gasteiger partial charge < -0.3 is 14.5 Å². The van der Waals surface area contributed by atoms with Crippen molar-refractivity contribution in [3.05, 3.63) is 47.3 Å². The number of rotatable bonds is 4. The van der Waals surface area contributed by atoms with Crippen LogP contribution in [0.4, 0.5) is 13.2 Å². The second kappa shape index (κ2) is 8.99. The fourth-order valence-corrected chi connectivity index (χ4v) is 3.68. The lowest BCUT2D eigenvalue weighted by molar-refractivity contribution is -0.145. The normalized spacial score (nSPS) is 15.2. The van der Waals surface area contributed by atoms with Crippen molar-refractivity contribution in [1.82, 2.24) is 19.6 Å². The summed E-state index contributed by atoms with van der Waals surface area (Å²) in [4.78, 5) is 28.8. The van der Waals surface area contributed by atoms with Gasteiger partial charge in [0.15, 0.2) is 5.69 Å². The number of para-hydroxylation sites is 1. The zero-order valence-electron chi connectivity index (χ0n) is 17.6. The molecule has 0 saturated carbocycles. The predicted octanol–water partition coefficient (Wildman–Crippen LogP) is 3.48. The number of alkyl halides is 3. The van der Waals surface area contributed by atoms with Crippen LogP contribution in [-0.4, -0.2) is 64.7 Å². The van der Waals surface area contributed by atoms with Crippen molar-refractivity contribution in [1.29, 1.82) is 0 Å². The third-order valence-electron chi connectivity index (χ3n) is 5.19. The number of aromatic nitrogens is 2. The van der Waals surface area contributed by atoms with Gasteiger partial charge in [0, 0.05) is 32.2 Å². The highest BCUT2D eigenvalue weighted by Gasteiger charge is 2.41. The summed E-state index contributed by atoms with van der Waals surface area (Å²) in [6.45, 7) is 4.12. The van der Waals surface area contributed by atoms with Gasteiger partial charge in [-0.15, -0.1) is 0 Å². The summed E-state index contributed by atoms with van der Waals surface area (Å²) in [6, 6.07) is 6.29. The number of hydrogen-bond donors (Lipinski definition) is 0. The molecule has 2 aromatic rings. The van der Waals surface area contributed by atoms with Crippen LogP contribution in [0.3, 0.4) is 0 Å². The highest BCUT2D eigenvalue weighted by molar-refractivity contribution is 5.97. The van der Waals surface area contributed by atoms with Crippen LogP contribution >= 0.6 is 0 Å². The first-order valence-corrected chi connectivity index (χ1v) is 10.0. The van der Waals surface area contributed by atoms with E-state index in [0.717, 1.165) is 10.9 Å². The molecule has 7 nitrogen and oxygen atoms in total. The first kappa shape index (κ1) is 22.6. The number of carbonyl (C=O) groups is 2. The third kappa shape index (κ3) is 4.67. The van der Waals surface area contributed by atoms with E-state index in [1.54, 1.807) is 43.0 Å². The molecule has 31 heavy (non-hydrogen) atoms. The molecule has 2 heterocycles. The summed E-state index contributed by atoms with van der Waals surface area (Å²) >= 11 is 0. The van der Waals surface area contributed by atoms with Crippen LogP contribution in [-0.2, 0) is 6.18 Å². The Hall–Kier alpha value is -3.04. The Morgan fingerprint density at radius 3 is 2.13 bits per heavy atom. The van der Waals surface area contributed by atoms with Crippen molar-refractivity contribution in [2.45, 2.75) is 32.5 Å². The van der Waals surface area contributed by atoms with E-state index >= 15 is 0 Å². The van der Waals surface area contributed by atoms with Crippen molar-refractivity contribution >= 4 is 11.8 Å². The molecule has 0 bridgehead atoms. The van der Waals surface area contributed by atoms with Gasteiger partial charge in [0.1, 0.15) is 5.75 Å². The molecule has 0 spiro atoms. The molecule has 1 fully saturated rings. The Morgan fingerprint density at radius 1 is 1.00 bits per heavy atom. The number of carbonyl (C=O) groups excluding carboxylic acids is 2. The fourth-order valence-electron chi connectivity index (χ4n) is 3.68. The average Bonchev–Trinajstić information content (AvgIpc) is 3.06. The SMILES string of the molecule is COc1ccccc1C(=O)N1CCCN(C(=O)c2cnn(C(C)C)c2C(F)(F)F)CC1. The molecule has 1 aromatic carbocycles. The van der Waals surface area contributed by atoms with Crippen LogP contribution < -0.4 is 4.74 Å². The number of amides is 2. The molecular formula is C21H25F3N4O3. The maximum absolute atomic E-state index is 13.6. The van der Waals surface area contributed by atoms with Gasteiger partial charge in [-0.05, 0) is 32.4 Å². The van der Waals surface area contributed by atoms with Gasteiger partial charge in [0.25, 0.3) is 11.8 Å². The monoisotopic (exact) mass is 438 g/mol. The number of ether oxygens (including phenoxy) is 1. The minimum absolute atomic E-state index is 0.129. The molecule has 0 unspecified atom stereocenters. The molecule has 1 aliphatic rings. The Kier molecular flexibility index (Phi) is 6.56. The van der Waals surface area contributed by atoms with Gasteiger partial charge in [0.05, 0.1) is 24.4 Å². The Balaban J connectivity index is 1.79. The van der Waals surface area contributed by atoms with E-state index in [1.165, 1.54) is 12.0 Å².